The normalized spacial score (nSPS) is 31.4. The number of aliphatic hydroxyl groups excluding tert-OH is 1. The smallest absolute Gasteiger partial charge is 0.0462 e. The monoisotopic (exact) mass is 163 g/mol. The van der Waals surface area contributed by atoms with Crippen LogP contribution in [0.15, 0.2) is 12.2 Å². The van der Waals surface area contributed by atoms with Gasteiger partial charge in [0.1, 0.15) is 0 Å². The molecule has 0 aliphatic heterocycles. The van der Waals surface area contributed by atoms with Crippen LogP contribution in [0, 0.1) is 5.92 Å². The summed E-state index contributed by atoms with van der Waals surface area (Å²) < 4.78 is 0. The zero-order valence-corrected chi connectivity index (χ0v) is 6.68. The maximum Gasteiger partial charge on any atom is 0.0462 e. The number of nitrogens with two attached hydrogens (primary N) is 1. The first-order valence-electron chi connectivity index (χ1n) is 3.36. The molecule has 0 aromatic rings. The zero-order chi connectivity index (χ0) is 6.69. The molecule has 0 heterocycles. The van der Waals surface area contributed by atoms with E-state index < -0.39 is 0 Å². The number of hydrogen-bond acceptors (Lipinski definition) is 2. The van der Waals surface area contributed by atoms with Crippen LogP contribution < -0.4 is 5.73 Å². The fourth-order valence-corrected chi connectivity index (χ4v) is 1.15. The summed E-state index contributed by atoms with van der Waals surface area (Å²) in [5.41, 5.74) is 5.60. The van der Waals surface area contributed by atoms with Crippen molar-refractivity contribution >= 4 is 12.4 Å². The summed E-state index contributed by atoms with van der Waals surface area (Å²) in [7, 11) is 0. The molecule has 0 bridgehead atoms. The van der Waals surface area contributed by atoms with Crippen LogP contribution in [0.25, 0.3) is 0 Å². The summed E-state index contributed by atoms with van der Waals surface area (Å²) in [6, 6.07) is 0.177. The highest BCUT2D eigenvalue weighted by Crippen LogP contribution is 2.15. The molecule has 0 saturated carbocycles. The number of allylic oxidation sites excluding steroid dienone is 1. The Labute approximate surface area is 67.5 Å². The van der Waals surface area contributed by atoms with Gasteiger partial charge in [-0.1, -0.05) is 12.2 Å². The van der Waals surface area contributed by atoms with Crippen LogP contribution in [0.3, 0.4) is 0 Å². The molecular formula is C7H14ClNO. The number of halogens is 1. The largest absolute Gasteiger partial charge is 0.396 e. The summed E-state index contributed by atoms with van der Waals surface area (Å²) in [5, 5.41) is 8.72. The van der Waals surface area contributed by atoms with Gasteiger partial charge in [0.15, 0.2) is 0 Å². The Balaban J connectivity index is 0.000000810. The van der Waals surface area contributed by atoms with E-state index in [4.69, 9.17) is 10.8 Å². The molecule has 1 aliphatic rings. The second-order valence-corrected chi connectivity index (χ2v) is 2.61. The highest BCUT2D eigenvalue weighted by atomic mass is 35.5. The molecule has 0 saturated heterocycles. The van der Waals surface area contributed by atoms with E-state index in [1.165, 1.54) is 0 Å². The predicted octanol–water partition coefficient (Wildman–Crippen LogP) is 0.694. The Morgan fingerprint density at radius 2 is 2.30 bits per heavy atom. The summed E-state index contributed by atoms with van der Waals surface area (Å²) in [6.45, 7) is 0.276. The van der Waals surface area contributed by atoms with Crippen LogP contribution in [-0.2, 0) is 0 Å². The maximum absolute atomic E-state index is 8.72. The molecule has 3 heteroatoms. The zero-order valence-electron chi connectivity index (χ0n) is 5.86. The highest BCUT2D eigenvalue weighted by Gasteiger charge is 2.12. The molecule has 2 unspecified atom stereocenters. The van der Waals surface area contributed by atoms with Crippen LogP contribution >= 0.6 is 12.4 Å². The van der Waals surface area contributed by atoms with Crippen LogP contribution in [-0.4, -0.2) is 17.8 Å². The highest BCUT2D eigenvalue weighted by molar-refractivity contribution is 5.85. The van der Waals surface area contributed by atoms with E-state index in [2.05, 4.69) is 6.08 Å². The minimum atomic E-state index is 0. The molecule has 0 fully saturated rings. The lowest BCUT2D eigenvalue weighted by Crippen LogP contribution is -2.25. The molecule has 0 spiro atoms. The summed E-state index contributed by atoms with van der Waals surface area (Å²) >= 11 is 0. The van der Waals surface area contributed by atoms with E-state index in [0.717, 1.165) is 12.8 Å². The molecule has 60 valence electrons. The van der Waals surface area contributed by atoms with Gasteiger partial charge in [-0.2, -0.15) is 0 Å². The van der Waals surface area contributed by atoms with Crippen molar-refractivity contribution in [3.8, 4) is 0 Å². The maximum atomic E-state index is 8.72. The summed E-state index contributed by atoms with van der Waals surface area (Å²) in [5.74, 6) is 0.407. The Bertz CT molecular complexity index is 116. The summed E-state index contributed by atoms with van der Waals surface area (Å²) in [6.07, 6.45) is 5.98. The third-order valence-corrected chi connectivity index (χ3v) is 1.72. The predicted molar refractivity (Wildman–Crippen MR) is 44.2 cm³/mol. The van der Waals surface area contributed by atoms with Crippen molar-refractivity contribution in [2.75, 3.05) is 6.61 Å². The quantitative estimate of drug-likeness (QED) is 0.559. The Hall–Kier alpha value is -0.0500. The van der Waals surface area contributed by atoms with Crippen molar-refractivity contribution in [3.63, 3.8) is 0 Å². The third-order valence-electron chi connectivity index (χ3n) is 1.72. The van der Waals surface area contributed by atoms with Crippen LogP contribution in [0.2, 0.25) is 0 Å². The first-order chi connectivity index (χ1) is 4.33. The Morgan fingerprint density at radius 3 is 2.70 bits per heavy atom. The SMILES string of the molecule is Cl.NC1C=CCC(CO)C1. The number of aliphatic hydroxyl groups is 1. The molecule has 0 amide bonds. The topological polar surface area (TPSA) is 46.2 Å². The van der Waals surface area contributed by atoms with Crippen molar-refractivity contribution in [3.05, 3.63) is 12.2 Å². The van der Waals surface area contributed by atoms with Gasteiger partial charge in [-0.3, -0.25) is 0 Å². The van der Waals surface area contributed by atoms with Crippen LogP contribution in [0.4, 0.5) is 0 Å². The van der Waals surface area contributed by atoms with E-state index in [-0.39, 0.29) is 25.1 Å². The lowest BCUT2D eigenvalue weighted by atomic mass is 9.92. The van der Waals surface area contributed by atoms with E-state index in [1.807, 2.05) is 6.08 Å². The van der Waals surface area contributed by atoms with Gasteiger partial charge in [0.2, 0.25) is 0 Å². The second kappa shape index (κ2) is 4.72. The van der Waals surface area contributed by atoms with Gasteiger partial charge < -0.3 is 10.8 Å². The van der Waals surface area contributed by atoms with Gasteiger partial charge in [0, 0.05) is 12.6 Å². The van der Waals surface area contributed by atoms with Crippen molar-refractivity contribution in [2.45, 2.75) is 18.9 Å². The van der Waals surface area contributed by atoms with Gasteiger partial charge in [-0.25, -0.2) is 0 Å². The molecule has 3 N–H and O–H groups in total. The fraction of sp³-hybridized carbons (Fsp3) is 0.714. The number of hydrogen-bond donors (Lipinski definition) is 2. The molecule has 2 nitrogen and oxygen atoms in total. The first-order valence-corrected chi connectivity index (χ1v) is 3.36. The van der Waals surface area contributed by atoms with Crippen molar-refractivity contribution < 1.29 is 5.11 Å². The average Bonchev–Trinajstić information content (AvgIpc) is 1.88. The summed E-state index contributed by atoms with van der Waals surface area (Å²) in [4.78, 5) is 0. The average molecular weight is 164 g/mol. The lowest BCUT2D eigenvalue weighted by molar-refractivity contribution is 0.213. The lowest BCUT2D eigenvalue weighted by Gasteiger charge is -2.19. The van der Waals surface area contributed by atoms with Crippen molar-refractivity contribution in [1.82, 2.24) is 0 Å². The van der Waals surface area contributed by atoms with E-state index in [1.54, 1.807) is 0 Å². The molecular weight excluding hydrogens is 150 g/mol. The van der Waals surface area contributed by atoms with Crippen LogP contribution in [0.1, 0.15) is 12.8 Å². The third kappa shape index (κ3) is 2.69. The molecule has 2 atom stereocenters. The standard InChI is InChI=1S/C7H13NO.ClH/c8-7-3-1-2-6(4-7)5-9;/h1,3,6-7,9H,2,4-5,8H2;1H. The Kier molecular flexibility index (Phi) is 4.69. The minimum absolute atomic E-state index is 0. The Morgan fingerprint density at radius 1 is 1.60 bits per heavy atom. The molecule has 0 radical (unpaired) electrons. The first kappa shape index (κ1) is 9.95. The van der Waals surface area contributed by atoms with E-state index >= 15 is 0 Å². The molecule has 0 aromatic carbocycles. The minimum Gasteiger partial charge on any atom is -0.396 e. The second-order valence-electron chi connectivity index (χ2n) is 2.61. The van der Waals surface area contributed by atoms with Gasteiger partial charge in [-0.15, -0.1) is 12.4 Å². The molecule has 1 rings (SSSR count). The van der Waals surface area contributed by atoms with Gasteiger partial charge in [-0.05, 0) is 18.8 Å². The van der Waals surface area contributed by atoms with Crippen LogP contribution in [0.5, 0.6) is 0 Å². The molecule has 10 heavy (non-hydrogen) atoms. The van der Waals surface area contributed by atoms with Gasteiger partial charge in [0.25, 0.3) is 0 Å². The number of rotatable bonds is 1. The fourth-order valence-electron chi connectivity index (χ4n) is 1.15. The van der Waals surface area contributed by atoms with Crippen molar-refractivity contribution in [1.29, 1.82) is 0 Å². The van der Waals surface area contributed by atoms with Crippen molar-refractivity contribution in [2.24, 2.45) is 11.7 Å². The van der Waals surface area contributed by atoms with E-state index in [9.17, 15) is 0 Å². The van der Waals surface area contributed by atoms with Gasteiger partial charge >= 0.3 is 0 Å². The molecule has 0 aromatic heterocycles. The molecule has 1 aliphatic carbocycles. The van der Waals surface area contributed by atoms with E-state index in [0.29, 0.717) is 5.92 Å². The van der Waals surface area contributed by atoms with Gasteiger partial charge in [0.05, 0.1) is 0 Å².